The van der Waals surface area contributed by atoms with Gasteiger partial charge in [0.25, 0.3) is 0 Å². The number of alkyl halides is 1. The number of hydrogen-bond acceptors (Lipinski definition) is 3. The van der Waals surface area contributed by atoms with Crippen LogP contribution in [0.5, 0.6) is 0 Å². The standard InChI is InChI=1S/C14H20FN3O2/c1-10(13-4-2-3-5-16-13)7-17-14(20)18-8-11(15)6-12(18)9-19/h2-5,10-12,19H,6-9H2,1H3,(H,17,20). The Labute approximate surface area is 117 Å². The fraction of sp³-hybridized carbons (Fsp3) is 0.571. The number of aliphatic hydroxyl groups is 1. The Kier molecular flexibility index (Phi) is 4.89. The summed E-state index contributed by atoms with van der Waals surface area (Å²) >= 11 is 0. The first kappa shape index (κ1) is 14.7. The van der Waals surface area contributed by atoms with Gasteiger partial charge in [0.1, 0.15) is 6.17 Å². The number of hydrogen-bond donors (Lipinski definition) is 2. The Hall–Kier alpha value is -1.69. The number of amides is 2. The molecule has 2 heterocycles. The number of pyridine rings is 1. The Bertz CT molecular complexity index is 443. The summed E-state index contributed by atoms with van der Waals surface area (Å²) in [6, 6.07) is 4.89. The molecule has 2 amide bonds. The summed E-state index contributed by atoms with van der Waals surface area (Å²) < 4.78 is 13.3. The fourth-order valence-electron chi connectivity index (χ4n) is 2.40. The average molecular weight is 281 g/mol. The Morgan fingerprint density at radius 3 is 3.10 bits per heavy atom. The first-order valence-electron chi connectivity index (χ1n) is 6.82. The topological polar surface area (TPSA) is 65.5 Å². The smallest absolute Gasteiger partial charge is 0.317 e. The minimum atomic E-state index is -1.05. The molecule has 110 valence electrons. The van der Waals surface area contributed by atoms with Crippen LogP contribution in [0.2, 0.25) is 0 Å². The van der Waals surface area contributed by atoms with Crippen LogP contribution < -0.4 is 5.32 Å². The van der Waals surface area contributed by atoms with Crippen molar-refractivity contribution in [2.75, 3.05) is 19.7 Å². The zero-order chi connectivity index (χ0) is 14.5. The number of halogens is 1. The number of carbonyl (C=O) groups is 1. The number of aromatic nitrogens is 1. The Morgan fingerprint density at radius 1 is 1.65 bits per heavy atom. The van der Waals surface area contributed by atoms with Gasteiger partial charge in [-0.1, -0.05) is 13.0 Å². The molecule has 0 saturated carbocycles. The number of urea groups is 1. The first-order valence-corrected chi connectivity index (χ1v) is 6.82. The summed E-state index contributed by atoms with van der Waals surface area (Å²) in [4.78, 5) is 17.6. The van der Waals surface area contributed by atoms with Crippen LogP contribution in [0.1, 0.15) is 25.0 Å². The van der Waals surface area contributed by atoms with Gasteiger partial charge in [-0.25, -0.2) is 9.18 Å². The lowest BCUT2D eigenvalue weighted by atomic mass is 10.1. The minimum Gasteiger partial charge on any atom is -0.394 e. The summed E-state index contributed by atoms with van der Waals surface area (Å²) in [5.74, 6) is 0.0801. The molecule has 0 spiro atoms. The molecule has 0 aromatic carbocycles. The van der Waals surface area contributed by atoms with Crippen molar-refractivity contribution < 1.29 is 14.3 Å². The molecule has 20 heavy (non-hydrogen) atoms. The van der Waals surface area contributed by atoms with Crippen LogP contribution in [0.4, 0.5) is 9.18 Å². The maximum atomic E-state index is 13.3. The highest BCUT2D eigenvalue weighted by Crippen LogP contribution is 2.20. The van der Waals surface area contributed by atoms with Crippen molar-refractivity contribution in [1.29, 1.82) is 0 Å². The average Bonchev–Trinajstić information content (AvgIpc) is 2.86. The molecule has 1 saturated heterocycles. The minimum absolute atomic E-state index is 0.0506. The Morgan fingerprint density at radius 2 is 2.45 bits per heavy atom. The lowest BCUT2D eigenvalue weighted by Crippen LogP contribution is -2.45. The van der Waals surface area contributed by atoms with Crippen LogP contribution in [-0.4, -0.2) is 52.9 Å². The molecule has 0 bridgehead atoms. The molecule has 2 rings (SSSR count). The normalized spacial score (nSPS) is 23.6. The third-order valence-electron chi connectivity index (χ3n) is 3.59. The predicted octanol–water partition coefficient (Wildman–Crippen LogP) is 1.30. The summed E-state index contributed by atoms with van der Waals surface area (Å²) in [5.41, 5.74) is 0.899. The second kappa shape index (κ2) is 6.65. The highest BCUT2D eigenvalue weighted by atomic mass is 19.1. The van der Waals surface area contributed by atoms with Gasteiger partial charge in [-0.3, -0.25) is 4.98 Å². The third-order valence-corrected chi connectivity index (χ3v) is 3.59. The van der Waals surface area contributed by atoms with E-state index in [1.165, 1.54) is 4.90 Å². The van der Waals surface area contributed by atoms with E-state index in [9.17, 15) is 9.18 Å². The monoisotopic (exact) mass is 281 g/mol. The molecule has 1 aliphatic heterocycles. The van der Waals surface area contributed by atoms with Crippen molar-refractivity contribution in [2.24, 2.45) is 0 Å². The van der Waals surface area contributed by atoms with Gasteiger partial charge in [0.15, 0.2) is 0 Å². The van der Waals surface area contributed by atoms with Crippen LogP contribution >= 0.6 is 0 Å². The van der Waals surface area contributed by atoms with E-state index in [0.717, 1.165) is 5.69 Å². The highest BCUT2D eigenvalue weighted by Gasteiger charge is 2.34. The summed E-state index contributed by atoms with van der Waals surface area (Å²) in [7, 11) is 0. The lowest BCUT2D eigenvalue weighted by molar-refractivity contribution is 0.156. The van der Waals surface area contributed by atoms with E-state index in [-0.39, 0.29) is 31.5 Å². The fourth-order valence-corrected chi connectivity index (χ4v) is 2.40. The number of carbonyl (C=O) groups excluding carboxylic acids is 1. The predicted molar refractivity (Wildman–Crippen MR) is 73.1 cm³/mol. The van der Waals surface area contributed by atoms with Gasteiger partial charge in [0.2, 0.25) is 0 Å². The molecular formula is C14H20FN3O2. The van der Waals surface area contributed by atoms with Gasteiger partial charge in [0.05, 0.1) is 19.2 Å². The SMILES string of the molecule is CC(CNC(=O)N1CC(F)CC1CO)c1ccccn1. The molecule has 2 N–H and O–H groups in total. The van der Waals surface area contributed by atoms with Crippen LogP contribution in [0.25, 0.3) is 0 Å². The molecule has 0 aliphatic carbocycles. The first-order chi connectivity index (χ1) is 9.61. The van der Waals surface area contributed by atoms with Crippen LogP contribution in [-0.2, 0) is 0 Å². The third kappa shape index (κ3) is 3.45. The van der Waals surface area contributed by atoms with Crippen LogP contribution in [0.15, 0.2) is 24.4 Å². The quantitative estimate of drug-likeness (QED) is 0.874. The number of aliphatic hydroxyl groups excluding tert-OH is 1. The van der Waals surface area contributed by atoms with Crippen LogP contribution in [0, 0.1) is 0 Å². The number of rotatable bonds is 4. The van der Waals surface area contributed by atoms with Gasteiger partial charge >= 0.3 is 6.03 Å². The zero-order valence-corrected chi connectivity index (χ0v) is 11.5. The van der Waals surface area contributed by atoms with Gasteiger partial charge in [-0.05, 0) is 12.1 Å². The van der Waals surface area contributed by atoms with Gasteiger partial charge in [-0.15, -0.1) is 0 Å². The second-order valence-electron chi connectivity index (χ2n) is 5.16. The van der Waals surface area contributed by atoms with Crippen molar-refractivity contribution in [3.63, 3.8) is 0 Å². The maximum absolute atomic E-state index is 13.3. The van der Waals surface area contributed by atoms with E-state index in [1.807, 2.05) is 25.1 Å². The van der Waals surface area contributed by atoms with E-state index < -0.39 is 12.2 Å². The lowest BCUT2D eigenvalue weighted by Gasteiger charge is -2.23. The van der Waals surface area contributed by atoms with Gasteiger partial charge in [-0.2, -0.15) is 0 Å². The summed E-state index contributed by atoms with van der Waals surface area (Å²) in [6.07, 6.45) is 0.870. The molecule has 3 atom stereocenters. The molecular weight excluding hydrogens is 261 g/mol. The maximum Gasteiger partial charge on any atom is 0.317 e. The van der Waals surface area contributed by atoms with Crippen molar-refractivity contribution in [3.05, 3.63) is 30.1 Å². The van der Waals surface area contributed by atoms with E-state index >= 15 is 0 Å². The van der Waals surface area contributed by atoms with Gasteiger partial charge < -0.3 is 15.3 Å². The highest BCUT2D eigenvalue weighted by molar-refractivity contribution is 5.75. The molecule has 3 unspecified atom stereocenters. The Balaban J connectivity index is 1.86. The van der Waals surface area contributed by atoms with E-state index in [2.05, 4.69) is 10.3 Å². The largest absolute Gasteiger partial charge is 0.394 e. The van der Waals surface area contributed by atoms with E-state index in [4.69, 9.17) is 5.11 Å². The zero-order valence-electron chi connectivity index (χ0n) is 11.5. The van der Waals surface area contributed by atoms with Gasteiger partial charge in [0, 0.05) is 30.8 Å². The van der Waals surface area contributed by atoms with Crippen molar-refractivity contribution >= 4 is 6.03 Å². The second-order valence-corrected chi connectivity index (χ2v) is 5.16. The number of nitrogens with zero attached hydrogens (tertiary/aromatic N) is 2. The van der Waals surface area contributed by atoms with Crippen molar-refractivity contribution in [3.8, 4) is 0 Å². The number of nitrogens with one attached hydrogen (secondary N) is 1. The molecule has 1 fully saturated rings. The molecule has 1 aromatic rings. The summed E-state index contributed by atoms with van der Waals surface area (Å²) in [6.45, 7) is 2.24. The van der Waals surface area contributed by atoms with Crippen molar-refractivity contribution in [1.82, 2.24) is 15.2 Å². The summed E-state index contributed by atoms with van der Waals surface area (Å²) in [5, 5.41) is 11.9. The van der Waals surface area contributed by atoms with Crippen LogP contribution in [0.3, 0.4) is 0 Å². The number of likely N-dealkylation sites (tertiary alicyclic amines) is 1. The van der Waals surface area contributed by atoms with Crippen molar-refractivity contribution in [2.45, 2.75) is 31.5 Å². The van der Waals surface area contributed by atoms with E-state index in [1.54, 1.807) is 6.20 Å². The molecule has 5 nitrogen and oxygen atoms in total. The molecule has 6 heteroatoms. The molecule has 0 radical (unpaired) electrons. The molecule has 1 aromatic heterocycles. The van der Waals surface area contributed by atoms with E-state index in [0.29, 0.717) is 6.54 Å². The molecule has 1 aliphatic rings.